The zero-order chi connectivity index (χ0) is 40.5. The molecule has 0 aliphatic carbocycles. The van der Waals surface area contributed by atoms with Crippen molar-refractivity contribution in [2.75, 3.05) is 16.0 Å². The largest absolute Gasteiger partial charge is 0.383 e. The van der Waals surface area contributed by atoms with E-state index in [2.05, 4.69) is 9.97 Å². The van der Waals surface area contributed by atoms with Crippen LogP contribution in [0.2, 0.25) is 0 Å². The number of nitrogen functional groups attached to an aromatic ring is 1. The summed E-state index contributed by atoms with van der Waals surface area (Å²) in [7, 11) is 0. The first-order valence-corrected chi connectivity index (χ1v) is 13.2. The minimum atomic E-state index is -1.68. The van der Waals surface area contributed by atoms with E-state index < -0.39 is 130 Å². The van der Waals surface area contributed by atoms with Crippen LogP contribution in [-0.2, 0) is 0 Å². The molecule has 0 fully saturated rings. The van der Waals surface area contributed by atoms with Crippen molar-refractivity contribution in [1.29, 1.82) is 0 Å². The third-order valence-corrected chi connectivity index (χ3v) is 6.64. The van der Waals surface area contributed by atoms with Crippen LogP contribution in [0.3, 0.4) is 0 Å². The summed E-state index contributed by atoms with van der Waals surface area (Å²) in [6.45, 7) is 0. The van der Waals surface area contributed by atoms with Gasteiger partial charge in [0.1, 0.15) is 11.6 Å². The maximum Gasteiger partial charge on any atom is 0.307 e. The monoisotopic (exact) mass is 758 g/mol. The van der Waals surface area contributed by atoms with Crippen molar-refractivity contribution in [2.24, 2.45) is 0 Å². The molecule has 276 valence electrons. The van der Waals surface area contributed by atoms with Crippen LogP contribution in [0.1, 0.15) is 0 Å². The van der Waals surface area contributed by atoms with E-state index in [9.17, 15) is 91.0 Å². The fourth-order valence-electron chi connectivity index (χ4n) is 4.58. The summed E-state index contributed by atoms with van der Waals surface area (Å²) in [5, 5.41) is 109. The highest BCUT2D eigenvalue weighted by molar-refractivity contribution is 5.95. The van der Waals surface area contributed by atoms with Crippen LogP contribution in [0.4, 0.5) is 85.8 Å². The molecule has 3 aromatic carbocycles. The Labute approximate surface area is 290 Å². The van der Waals surface area contributed by atoms with Crippen molar-refractivity contribution in [3.63, 3.8) is 0 Å². The quantitative estimate of drug-likeness (QED) is 0.132. The minimum Gasteiger partial charge on any atom is -0.383 e. The van der Waals surface area contributed by atoms with Gasteiger partial charge in [-0.2, -0.15) is 9.97 Å². The van der Waals surface area contributed by atoms with E-state index in [4.69, 9.17) is 5.73 Å². The lowest BCUT2D eigenvalue weighted by Crippen LogP contribution is -2.20. The number of non-ortho nitro benzene ring substituents is 3. The third-order valence-electron chi connectivity index (χ3n) is 6.64. The molecule has 32 nitrogen and oxygen atoms in total. The molecule has 0 amide bonds. The fourth-order valence-corrected chi connectivity index (χ4v) is 4.58. The molecule has 54 heavy (non-hydrogen) atoms. The normalized spacial score (nSPS) is 10.5. The Morgan fingerprint density at radius 3 is 1.02 bits per heavy atom. The number of nitro benzene ring substituents is 9. The average molecular weight is 758 g/mol. The lowest BCUT2D eigenvalue weighted by Gasteiger charge is -2.22. The lowest BCUT2D eigenvalue weighted by molar-refractivity contribution is -0.402. The fraction of sp³-hybridized carbons (Fsp3) is 0. The molecule has 3 N–H and O–H groups in total. The van der Waals surface area contributed by atoms with Crippen molar-refractivity contribution in [1.82, 2.24) is 9.97 Å². The van der Waals surface area contributed by atoms with E-state index in [1.54, 1.807) is 0 Å². The molecule has 0 saturated heterocycles. The first kappa shape index (κ1) is 37.6. The molecule has 0 atom stereocenters. The van der Waals surface area contributed by atoms with Gasteiger partial charge in [0.2, 0.25) is 17.3 Å². The molecule has 0 aliphatic rings. The predicted octanol–water partition coefficient (Wildman–Crippen LogP) is 4.45. The molecule has 0 bridgehead atoms. The Kier molecular flexibility index (Phi) is 9.69. The van der Waals surface area contributed by atoms with E-state index in [1.165, 1.54) is 0 Å². The Morgan fingerprint density at radius 1 is 0.444 bits per heavy atom. The summed E-state index contributed by atoms with van der Waals surface area (Å²) in [6, 6.07) is 1.44. The molecule has 1 aromatic heterocycles. The topological polar surface area (TPSA) is 455 Å². The Hall–Kier alpha value is -9.26. The molecule has 0 radical (unpaired) electrons. The maximum absolute atomic E-state index is 12.3. The van der Waals surface area contributed by atoms with Crippen LogP contribution in [0, 0.1) is 91.0 Å². The van der Waals surface area contributed by atoms with Crippen LogP contribution in [-0.4, -0.2) is 54.3 Å². The van der Waals surface area contributed by atoms with Gasteiger partial charge in [-0.05, 0) is 0 Å². The van der Waals surface area contributed by atoms with Gasteiger partial charge in [0.05, 0.1) is 80.7 Å². The molecule has 32 heteroatoms. The summed E-state index contributed by atoms with van der Waals surface area (Å²) < 4.78 is 0. The van der Waals surface area contributed by atoms with E-state index in [0.717, 1.165) is 0 Å². The minimum absolute atomic E-state index is 0.0768. The van der Waals surface area contributed by atoms with Gasteiger partial charge in [0.25, 0.3) is 17.1 Å². The molecule has 0 saturated carbocycles. The van der Waals surface area contributed by atoms with Gasteiger partial charge in [-0.15, -0.1) is 0 Å². The molecule has 4 rings (SSSR count). The van der Waals surface area contributed by atoms with Crippen LogP contribution in [0.25, 0.3) is 0 Å². The molecule has 0 aliphatic heterocycles. The van der Waals surface area contributed by atoms with Crippen LogP contribution in [0.15, 0.2) is 42.5 Å². The number of nitrogens with two attached hydrogens (primary N) is 1. The van der Waals surface area contributed by atoms with Crippen molar-refractivity contribution in [2.45, 2.75) is 0 Å². The van der Waals surface area contributed by atoms with Crippen LogP contribution in [0.5, 0.6) is 0 Å². The van der Waals surface area contributed by atoms with Crippen molar-refractivity contribution in [3.05, 3.63) is 133 Å². The second kappa shape index (κ2) is 13.9. The number of aromatic nitrogens is 2. The van der Waals surface area contributed by atoms with Crippen LogP contribution >= 0.6 is 0 Å². The second-order valence-corrected chi connectivity index (χ2v) is 9.78. The van der Waals surface area contributed by atoms with Gasteiger partial charge in [-0.1, -0.05) is 0 Å². The van der Waals surface area contributed by atoms with Gasteiger partial charge < -0.3 is 11.1 Å². The Bertz CT molecular complexity index is 2220. The van der Waals surface area contributed by atoms with E-state index >= 15 is 0 Å². The summed E-state index contributed by atoms with van der Waals surface area (Å²) in [5.74, 6) is -3.29. The standard InChI is InChI=1S/C22H10N14O18/c23-17-7-18(25-19-11(31(43)44)1-8(28(37)38)2-12(19)32(45)46)26-22(24-17)27(20-13(33(47)48)3-9(29(39)40)4-14(20)34(49)50)21-15(35(51)52)5-10(30(41)42)6-16(21)36(53)54/h1-7H,(H3,23,24,25,26). The maximum atomic E-state index is 12.3. The van der Waals surface area contributed by atoms with Gasteiger partial charge in [0.15, 0.2) is 5.69 Å². The first-order chi connectivity index (χ1) is 25.1. The smallest absolute Gasteiger partial charge is 0.307 e. The highest BCUT2D eigenvalue weighted by Crippen LogP contribution is 2.53. The number of nitrogens with one attached hydrogen (secondary N) is 1. The highest BCUT2D eigenvalue weighted by atomic mass is 16.7. The number of rotatable bonds is 14. The second-order valence-electron chi connectivity index (χ2n) is 9.78. The lowest BCUT2D eigenvalue weighted by atomic mass is 10.1. The number of benzene rings is 3. The summed E-state index contributed by atoms with van der Waals surface area (Å²) in [4.78, 5) is 102. The Morgan fingerprint density at radius 2 is 0.741 bits per heavy atom. The zero-order valence-electron chi connectivity index (χ0n) is 25.3. The number of hydrogen-bond acceptors (Lipinski definition) is 23. The van der Waals surface area contributed by atoms with E-state index in [1.807, 2.05) is 5.32 Å². The molecule has 4 aromatic rings. The number of nitrogens with zero attached hydrogens (tertiary/aromatic N) is 12. The average Bonchev–Trinajstić information content (AvgIpc) is 3.07. The van der Waals surface area contributed by atoms with Crippen molar-refractivity contribution >= 4 is 85.8 Å². The summed E-state index contributed by atoms with van der Waals surface area (Å²) >= 11 is 0. The summed E-state index contributed by atoms with van der Waals surface area (Å²) in [5.41, 5.74) is -11.8. The molecule has 0 unspecified atom stereocenters. The van der Waals surface area contributed by atoms with Crippen LogP contribution < -0.4 is 16.0 Å². The summed E-state index contributed by atoms with van der Waals surface area (Å²) in [6.07, 6.45) is 0. The zero-order valence-corrected chi connectivity index (χ0v) is 25.3. The highest BCUT2D eigenvalue weighted by Gasteiger charge is 2.44. The molecular weight excluding hydrogens is 748 g/mol. The van der Waals surface area contributed by atoms with Gasteiger partial charge in [-0.25, -0.2) is 0 Å². The number of hydrogen-bond donors (Lipinski definition) is 2. The van der Waals surface area contributed by atoms with E-state index in [0.29, 0.717) is 6.07 Å². The van der Waals surface area contributed by atoms with Crippen molar-refractivity contribution < 1.29 is 44.3 Å². The Balaban J connectivity index is 2.25. The van der Waals surface area contributed by atoms with Gasteiger partial charge >= 0.3 is 34.1 Å². The number of nitro groups is 9. The third kappa shape index (κ3) is 7.05. The SMILES string of the molecule is Nc1cc(Nc2c([N+](=O)[O-])cc([N+](=O)[O-])cc2[N+](=O)[O-])nc(N(c2c([N+](=O)[O-])cc([N+](=O)[O-])cc2[N+](=O)[O-])c2c([N+](=O)[O-])cc([N+](=O)[O-])cc2[N+](=O)[O-])n1. The van der Waals surface area contributed by atoms with E-state index in [-0.39, 0.29) is 41.3 Å². The van der Waals surface area contributed by atoms with Gasteiger partial charge in [0, 0.05) is 6.07 Å². The van der Waals surface area contributed by atoms with Gasteiger partial charge in [-0.3, -0.25) is 95.9 Å². The molecule has 0 spiro atoms. The number of anilines is 6. The predicted molar refractivity (Wildman–Crippen MR) is 171 cm³/mol. The molecular formula is C22H10N14O18. The van der Waals surface area contributed by atoms with Crippen molar-refractivity contribution in [3.8, 4) is 0 Å². The molecule has 1 heterocycles. The first-order valence-electron chi connectivity index (χ1n) is 13.2.